The molecule has 3 rings (SSSR count). The number of hydrogen-bond donors (Lipinski definition) is 1. The molecule has 0 amide bonds. The van der Waals surface area contributed by atoms with Gasteiger partial charge in [-0.15, -0.1) is 0 Å². The van der Waals surface area contributed by atoms with E-state index in [-0.39, 0.29) is 5.60 Å². The monoisotopic (exact) mass is 263 g/mol. The highest BCUT2D eigenvalue weighted by molar-refractivity contribution is 8.00. The van der Waals surface area contributed by atoms with Crippen molar-refractivity contribution in [2.75, 3.05) is 12.8 Å². The lowest BCUT2D eigenvalue weighted by Crippen LogP contribution is -2.44. The second kappa shape index (κ2) is 4.46. The van der Waals surface area contributed by atoms with E-state index < -0.39 is 0 Å². The smallest absolute Gasteiger partial charge is 0.124 e. The molecule has 0 aromatic heterocycles. The van der Waals surface area contributed by atoms with Crippen molar-refractivity contribution in [3.63, 3.8) is 0 Å². The standard InChI is InChI=1S/C15H21NOS/c1-10-4-5-14-12(6-10)13(16-3)8-15(17-14)7-11(2)18-9-15/h4-6,11,13,16H,7-9H2,1-3H3. The number of benzene rings is 1. The number of hydrogen-bond acceptors (Lipinski definition) is 3. The number of fused-ring (bicyclic) bond motifs is 1. The summed E-state index contributed by atoms with van der Waals surface area (Å²) in [5.74, 6) is 2.21. The number of aryl methyl sites for hydroxylation is 1. The molecule has 18 heavy (non-hydrogen) atoms. The van der Waals surface area contributed by atoms with Gasteiger partial charge >= 0.3 is 0 Å². The molecule has 3 atom stereocenters. The van der Waals surface area contributed by atoms with E-state index >= 15 is 0 Å². The van der Waals surface area contributed by atoms with Gasteiger partial charge in [0.15, 0.2) is 0 Å². The first-order chi connectivity index (χ1) is 8.62. The van der Waals surface area contributed by atoms with Crippen LogP contribution in [0.3, 0.4) is 0 Å². The first-order valence-electron chi connectivity index (χ1n) is 6.70. The van der Waals surface area contributed by atoms with Gasteiger partial charge in [0.25, 0.3) is 0 Å². The van der Waals surface area contributed by atoms with Crippen LogP contribution in [-0.4, -0.2) is 23.7 Å². The number of rotatable bonds is 1. The molecule has 0 aliphatic carbocycles. The average molecular weight is 263 g/mol. The molecule has 3 heteroatoms. The summed E-state index contributed by atoms with van der Waals surface area (Å²) in [6.07, 6.45) is 2.26. The minimum atomic E-state index is 0.0556. The first-order valence-corrected chi connectivity index (χ1v) is 7.75. The molecule has 1 aromatic rings. The number of ether oxygens (including phenoxy) is 1. The van der Waals surface area contributed by atoms with Crippen LogP contribution in [0.2, 0.25) is 0 Å². The van der Waals surface area contributed by atoms with Crippen molar-refractivity contribution in [3.8, 4) is 5.75 Å². The Balaban J connectivity index is 1.97. The van der Waals surface area contributed by atoms with E-state index in [4.69, 9.17) is 4.74 Å². The molecule has 98 valence electrons. The van der Waals surface area contributed by atoms with Gasteiger partial charge < -0.3 is 10.1 Å². The van der Waals surface area contributed by atoms with Crippen molar-refractivity contribution in [2.24, 2.45) is 0 Å². The first kappa shape index (κ1) is 12.4. The Morgan fingerprint density at radius 2 is 2.22 bits per heavy atom. The highest BCUT2D eigenvalue weighted by atomic mass is 32.2. The maximum absolute atomic E-state index is 6.38. The molecular weight excluding hydrogens is 242 g/mol. The average Bonchev–Trinajstić information content (AvgIpc) is 2.70. The second-order valence-electron chi connectivity index (χ2n) is 5.70. The van der Waals surface area contributed by atoms with Crippen molar-refractivity contribution in [1.82, 2.24) is 5.32 Å². The normalized spacial score (nSPS) is 34.4. The van der Waals surface area contributed by atoms with Crippen LogP contribution < -0.4 is 10.1 Å². The molecule has 2 aliphatic rings. The molecule has 2 aliphatic heterocycles. The minimum Gasteiger partial charge on any atom is -0.486 e. The fourth-order valence-electron chi connectivity index (χ4n) is 3.20. The van der Waals surface area contributed by atoms with Gasteiger partial charge in [0.05, 0.1) is 0 Å². The lowest BCUT2D eigenvalue weighted by Gasteiger charge is -2.39. The maximum Gasteiger partial charge on any atom is 0.124 e. The Kier molecular flexibility index (Phi) is 3.07. The van der Waals surface area contributed by atoms with Gasteiger partial charge in [-0.05, 0) is 26.5 Å². The quantitative estimate of drug-likeness (QED) is 0.840. The van der Waals surface area contributed by atoms with Crippen LogP contribution in [-0.2, 0) is 0 Å². The highest BCUT2D eigenvalue weighted by Crippen LogP contribution is 2.48. The van der Waals surface area contributed by atoms with Gasteiger partial charge in [0, 0.05) is 29.0 Å². The molecule has 1 saturated heterocycles. The van der Waals surface area contributed by atoms with E-state index in [0.717, 1.165) is 23.2 Å². The van der Waals surface area contributed by atoms with E-state index in [2.05, 4.69) is 44.4 Å². The molecule has 1 fully saturated rings. The number of nitrogens with one attached hydrogen (secondary N) is 1. The maximum atomic E-state index is 6.38. The van der Waals surface area contributed by atoms with E-state index in [1.807, 2.05) is 11.8 Å². The Morgan fingerprint density at radius 3 is 2.89 bits per heavy atom. The molecule has 3 unspecified atom stereocenters. The van der Waals surface area contributed by atoms with E-state index in [9.17, 15) is 0 Å². The van der Waals surface area contributed by atoms with Gasteiger partial charge in [0.2, 0.25) is 0 Å². The van der Waals surface area contributed by atoms with Crippen LogP contribution in [0.15, 0.2) is 18.2 Å². The van der Waals surface area contributed by atoms with Gasteiger partial charge in [-0.3, -0.25) is 0 Å². The van der Waals surface area contributed by atoms with Gasteiger partial charge in [-0.2, -0.15) is 11.8 Å². The zero-order valence-corrected chi connectivity index (χ0v) is 12.1. The van der Waals surface area contributed by atoms with Crippen molar-refractivity contribution in [1.29, 1.82) is 0 Å². The summed E-state index contributed by atoms with van der Waals surface area (Å²) >= 11 is 2.04. The fourth-order valence-corrected chi connectivity index (χ4v) is 4.50. The Labute approximate surface area is 113 Å². The molecule has 1 aromatic carbocycles. The molecule has 2 nitrogen and oxygen atoms in total. The molecule has 2 heterocycles. The van der Waals surface area contributed by atoms with Crippen molar-refractivity contribution >= 4 is 11.8 Å². The molecule has 0 saturated carbocycles. The molecule has 1 spiro atoms. The van der Waals surface area contributed by atoms with Gasteiger partial charge in [0.1, 0.15) is 11.4 Å². The van der Waals surface area contributed by atoms with Crippen LogP contribution in [0.4, 0.5) is 0 Å². The van der Waals surface area contributed by atoms with E-state index in [1.54, 1.807) is 0 Å². The Bertz CT molecular complexity index is 462. The van der Waals surface area contributed by atoms with Gasteiger partial charge in [-0.1, -0.05) is 24.6 Å². The van der Waals surface area contributed by atoms with Crippen molar-refractivity contribution < 1.29 is 4.74 Å². The predicted octanol–water partition coefficient (Wildman–Crippen LogP) is 3.30. The summed E-state index contributed by atoms with van der Waals surface area (Å²) < 4.78 is 6.38. The molecule has 1 N–H and O–H groups in total. The molecule has 0 bridgehead atoms. The third kappa shape index (κ3) is 2.04. The summed E-state index contributed by atoms with van der Waals surface area (Å²) in [4.78, 5) is 0. The SMILES string of the molecule is CNC1CC2(CSC(C)C2)Oc2ccc(C)cc21. The topological polar surface area (TPSA) is 21.3 Å². The summed E-state index contributed by atoms with van der Waals surface area (Å²) in [5.41, 5.74) is 2.69. The Morgan fingerprint density at radius 1 is 1.39 bits per heavy atom. The summed E-state index contributed by atoms with van der Waals surface area (Å²) in [6, 6.07) is 6.98. The second-order valence-corrected chi connectivity index (χ2v) is 7.12. The van der Waals surface area contributed by atoms with Gasteiger partial charge in [-0.25, -0.2) is 0 Å². The largest absolute Gasteiger partial charge is 0.486 e. The van der Waals surface area contributed by atoms with Crippen LogP contribution in [0.5, 0.6) is 5.75 Å². The minimum absolute atomic E-state index is 0.0556. The van der Waals surface area contributed by atoms with E-state index in [1.165, 1.54) is 17.5 Å². The third-order valence-corrected chi connectivity index (χ3v) is 5.51. The third-order valence-electron chi connectivity index (χ3n) is 4.08. The lowest BCUT2D eigenvalue weighted by atomic mass is 9.85. The zero-order chi connectivity index (χ0) is 12.8. The summed E-state index contributed by atoms with van der Waals surface area (Å²) in [5, 5.41) is 4.18. The molecule has 0 radical (unpaired) electrons. The van der Waals surface area contributed by atoms with Crippen LogP contribution in [0.25, 0.3) is 0 Å². The van der Waals surface area contributed by atoms with Crippen LogP contribution >= 0.6 is 11.8 Å². The van der Waals surface area contributed by atoms with Crippen LogP contribution in [0.1, 0.15) is 36.9 Å². The van der Waals surface area contributed by atoms with Crippen molar-refractivity contribution in [2.45, 2.75) is 43.6 Å². The highest BCUT2D eigenvalue weighted by Gasteiger charge is 2.45. The van der Waals surface area contributed by atoms with Crippen LogP contribution in [0, 0.1) is 6.92 Å². The lowest BCUT2D eigenvalue weighted by molar-refractivity contribution is 0.0526. The fraction of sp³-hybridized carbons (Fsp3) is 0.600. The molecular formula is C15H21NOS. The summed E-state index contributed by atoms with van der Waals surface area (Å²) in [7, 11) is 2.06. The number of thioether (sulfide) groups is 1. The zero-order valence-electron chi connectivity index (χ0n) is 11.3. The van der Waals surface area contributed by atoms with E-state index in [0.29, 0.717) is 6.04 Å². The summed E-state index contributed by atoms with van der Waals surface area (Å²) in [6.45, 7) is 4.45. The predicted molar refractivity (Wildman–Crippen MR) is 77.5 cm³/mol. The Hall–Kier alpha value is -0.670. The van der Waals surface area contributed by atoms with Crippen molar-refractivity contribution in [3.05, 3.63) is 29.3 Å².